The van der Waals surface area contributed by atoms with Gasteiger partial charge >= 0.3 is 48.4 Å². The smallest absolute Gasteiger partial charge is 0.744 e. The predicted molar refractivity (Wildman–Crippen MR) is 33.5 cm³/mol. The van der Waals surface area contributed by atoms with Crippen LogP contribution in [0.3, 0.4) is 0 Å². The fraction of sp³-hybridized carbons (Fsp3) is 0. The summed E-state index contributed by atoms with van der Waals surface area (Å²) < 4.78 is 59.4. The van der Waals surface area contributed by atoms with E-state index in [1.165, 1.54) is 0 Å². The third kappa shape index (κ3) is 6.34. The molecule has 11 heteroatoms. The molecule has 7 nitrogen and oxygen atoms in total. The van der Waals surface area contributed by atoms with E-state index in [0.717, 1.165) is 0 Å². The minimum Gasteiger partial charge on any atom is -0.744 e. The zero-order valence-electron chi connectivity index (χ0n) is 7.38. The Hall–Kier alpha value is 0.827. The summed E-state index contributed by atoms with van der Waals surface area (Å²) in [5.41, 5.74) is 0. The first-order chi connectivity index (χ1) is 5.07. The largest absolute Gasteiger partial charge is 1.00 e. The quantitative estimate of drug-likeness (QED) is 0.267. The Labute approximate surface area is 115 Å². The molecule has 0 aromatic rings. The zero-order valence-corrected chi connectivity index (χ0v) is 11.0. The van der Waals surface area contributed by atoms with Gasteiger partial charge in [0, 0.05) is 0 Å². The van der Waals surface area contributed by atoms with Crippen LogP contribution in [0.4, 0.5) is 0 Å². The summed E-state index contributed by atoms with van der Waals surface area (Å²) in [6, 6.07) is 0. The molecule has 0 fully saturated rings. The monoisotopic (exact) mass is 244 g/mol. The van der Waals surface area contributed by atoms with Crippen LogP contribution in [0.25, 0.3) is 0 Å². The minimum atomic E-state index is -5.45. The number of hydrogen-bond acceptors (Lipinski definition) is 7. The Morgan fingerprint density at radius 2 is 1.29 bits per heavy atom. The second-order valence-corrected chi connectivity index (χ2v) is 4.30. The van der Waals surface area contributed by atoms with Gasteiger partial charge in [-0.3, -0.25) is 4.79 Å². The number of hydrogen-bond donors (Lipinski definition) is 0. The van der Waals surface area contributed by atoms with E-state index < -0.39 is 30.3 Å². The van der Waals surface area contributed by atoms with Crippen LogP contribution < -0.4 is 48.4 Å². The molecular weight excluding hydrogens is 242 g/mol. The first-order valence-corrected chi connectivity index (χ1v) is 5.03. The van der Waals surface area contributed by atoms with Crippen LogP contribution in [0.5, 0.6) is 0 Å². The first kappa shape index (κ1) is 20.3. The Morgan fingerprint density at radius 3 is 1.36 bits per heavy atom. The Bertz CT molecular complexity index is 378. The van der Waals surface area contributed by atoms with Crippen molar-refractivity contribution in [3.8, 4) is 0 Å². The van der Waals surface area contributed by atoms with Gasteiger partial charge < -0.3 is 9.11 Å². The Balaban J connectivity index is -0.000000605. The maximum atomic E-state index is 10.2. The molecule has 0 heterocycles. The van der Waals surface area contributed by atoms with Gasteiger partial charge in [0.1, 0.15) is 15.0 Å². The van der Waals surface area contributed by atoms with Crippen molar-refractivity contribution in [1.29, 1.82) is 0 Å². The van der Waals surface area contributed by atoms with Crippen LogP contribution >= 0.6 is 0 Å². The van der Waals surface area contributed by atoms with E-state index in [0.29, 0.717) is 0 Å². The molecular formula is C3H2LiNaO7S2. The van der Waals surface area contributed by atoms with Crippen molar-refractivity contribution < 1.29 is 79.2 Å². The van der Waals surface area contributed by atoms with Crippen molar-refractivity contribution in [2.45, 2.75) is 0 Å². The van der Waals surface area contributed by atoms with E-state index in [1.54, 1.807) is 0 Å². The van der Waals surface area contributed by atoms with Gasteiger partial charge in [-0.25, -0.2) is 16.8 Å². The van der Waals surface area contributed by atoms with Crippen LogP contribution in [0.15, 0.2) is 11.5 Å². The molecule has 0 aromatic carbocycles. The summed E-state index contributed by atoms with van der Waals surface area (Å²) in [7, 11) is -10.7. The minimum absolute atomic E-state index is 0. The molecule has 0 radical (unpaired) electrons. The molecule has 0 atom stereocenters. The second-order valence-electron chi connectivity index (χ2n) is 1.62. The molecule has 0 unspecified atom stereocenters. The van der Waals surface area contributed by atoms with Crippen molar-refractivity contribution in [3.05, 3.63) is 11.5 Å². The average molecular weight is 244 g/mol. The van der Waals surface area contributed by atoms with Crippen LogP contribution in [0.1, 0.15) is 0 Å². The molecule has 0 aliphatic rings. The molecule has 0 spiro atoms. The van der Waals surface area contributed by atoms with E-state index in [4.69, 9.17) is 0 Å². The Kier molecular flexibility index (Phi) is 9.29. The van der Waals surface area contributed by atoms with Crippen LogP contribution in [-0.2, 0) is 25.0 Å². The normalized spacial score (nSPS) is 10.7. The van der Waals surface area contributed by atoms with Crippen LogP contribution in [0.2, 0.25) is 0 Å². The third-order valence-electron chi connectivity index (χ3n) is 0.757. The van der Waals surface area contributed by atoms with Crippen molar-refractivity contribution in [3.63, 3.8) is 0 Å². The van der Waals surface area contributed by atoms with Gasteiger partial charge in [0.25, 0.3) is 5.12 Å². The molecule has 0 aromatic heterocycles. The summed E-state index contributed by atoms with van der Waals surface area (Å²) >= 11 is 0. The van der Waals surface area contributed by atoms with Crippen molar-refractivity contribution in [2.75, 3.05) is 0 Å². The van der Waals surface area contributed by atoms with Gasteiger partial charge in [-0.05, 0) is 0 Å². The van der Waals surface area contributed by atoms with E-state index in [1.807, 2.05) is 0 Å². The van der Waals surface area contributed by atoms with Gasteiger partial charge in [0.2, 0.25) is 0 Å². The van der Waals surface area contributed by atoms with E-state index in [-0.39, 0.29) is 48.4 Å². The van der Waals surface area contributed by atoms with Crippen molar-refractivity contribution >= 4 is 25.4 Å². The maximum Gasteiger partial charge on any atom is 1.00 e. The molecule has 70 valence electrons. The van der Waals surface area contributed by atoms with Crippen LogP contribution in [-0.4, -0.2) is 31.1 Å². The molecule has 0 aliphatic carbocycles. The summed E-state index contributed by atoms with van der Waals surface area (Å²) in [5.74, 6) is 0. The van der Waals surface area contributed by atoms with E-state index in [2.05, 4.69) is 6.58 Å². The topological polar surface area (TPSA) is 131 Å². The standard InChI is InChI=1S/C3H4O7S2.Li.Na/c1-2(11(5,6)7)3(4)12(8,9)10;;/h1H2,(H,5,6,7)(H,8,9,10);;/q;2*+1/p-2. The van der Waals surface area contributed by atoms with E-state index in [9.17, 15) is 30.7 Å². The fourth-order valence-electron chi connectivity index (χ4n) is 0.241. The van der Waals surface area contributed by atoms with Gasteiger partial charge in [0.05, 0.1) is 0 Å². The summed E-state index contributed by atoms with van der Waals surface area (Å²) in [5, 5.41) is -2.32. The average Bonchev–Trinajstić information content (AvgIpc) is 1.80. The summed E-state index contributed by atoms with van der Waals surface area (Å²) in [6.45, 7) is 2.36. The van der Waals surface area contributed by atoms with Gasteiger partial charge in [-0.2, -0.15) is 0 Å². The van der Waals surface area contributed by atoms with Crippen molar-refractivity contribution in [2.24, 2.45) is 0 Å². The summed E-state index contributed by atoms with van der Waals surface area (Å²) in [4.78, 5) is 8.47. The number of carbonyl (C=O) groups is 1. The molecule has 14 heavy (non-hydrogen) atoms. The van der Waals surface area contributed by atoms with Gasteiger partial charge in [-0.15, -0.1) is 0 Å². The molecule has 0 saturated carbocycles. The molecule has 0 amide bonds. The molecule has 0 rings (SSSR count). The SMILES string of the molecule is C=C(C(=O)S(=O)(=O)[O-])S(=O)(=O)[O-].[Li+].[Na+]. The third-order valence-corrected chi connectivity index (χ3v) is 2.38. The molecule has 0 bridgehead atoms. The van der Waals surface area contributed by atoms with Gasteiger partial charge in [0.15, 0.2) is 10.1 Å². The summed E-state index contributed by atoms with van der Waals surface area (Å²) in [6.07, 6.45) is 0. The molecule has 0 aliphatic heterocycles. The number of rotatable bonds is 2. The fourth-order valence-corrected chi connectivity index (χ4v) is 1.34. The zero-order chi connectivity index (χ0) is 10.2. The predicted octanol–water partition coefficient (Wildman–Crippen LogP) is -7.87. The van der Waals surface area contributed by atoms with E-state index >= 15 is 0 Å². The second kappa shape index (κ2) is 6.42. The van der Waals surface area contributed by atoms with Gasteiger partial charge in [-0.1, -0.05) is 6.58 Å². The van der Waals surface area contributed by atoms with Crippen LogP contribution in [0, 0.1) is 0 Å². The van der Waals surface area contributed by atoms with Crippen molar-refractivity contribution in [1.82, 2.24) is 0 Å². The molecule has 0 N–H and O–H groups in total. The maximum absolute atomic E-state index is 10.2. The molecule has 0 saturated heterocycles. The number of carbonyl (C=O) groups excluding carboxylic acids is 1. The first-order valence-electron chi connectivity index (χ1n) is 2.22. The Morgan fingerprint density at radius 1 is 1.00 bits per heavy atom.